The van der Waals surface area contributed by atoms with Crippen molar-refractivity contribution >= 4 is 16.9 Å². The maximum Gasteiger partial charge on any atom is 0.236 e. The summed E-state index contributed by atoms with van der Waals surface area (Å²) in [5, 5.41) is 0.884. The Morgan fingerprint density at radius 1 is 1.16 bits per heavy atom. The topological polar surface area (TPSA) is 63.5 Å². The van der Waals surface area contributed by atoms with Crippen LogP contribution in [0.1, 0.15) is 24.1 Å². The number of amides is 1. The SMILES string of the molecule is Cc1c(C)n(-c2ccc(F)cc2)c2ncnc(OC3CCN(CC(=O)N(C)C)CC3)c12. The van der Waals surface area contributed by atoms with Gasteiger partial charge in [-0.15, -0.1) is 0 Å². The van der Waals surface area contributed by atoms with Crippen molar-refractivity contribution in [3.8, 4) is 11.6 Å². The predicted molar refractivity (Wildman–Crippen MR) is 117 cm³/mol. The number of likely N-dealkylation sites (N-methyl/N-ethyl adjacent to an activating group) is 1. The number of piperidine rings is 1. The van der Waals surface area contributed by atoms with Gasteiger partial charge < -0.3 is 9.64 Å². The second-order valence-corrected chi connectivity index (χ2v) is 8.28. The molecule has 0 atom stereocenters. The standard InChI is InChI=1S/C23H28FN5O2/c1-15-16(2)29(18-7-5-17(24)6-8-18)22-21(15)23(26-14-25-22)31-19-9-11-28(12-10-19)13-20(30)27(3)4/h5-8,14,19H,9-13H2,1-4H3. The summed E-state index contributed by atoms with van der Waals surface area (Å²) in [5.41, 5.74) is 3.66. The van der Waals surface area contributed by atoms with Gasteiger partial charge in [-0.05, 0) is 56.5 Å². The summed E-state index contributed by atoms with van der Waals surface area (Å²) in [7, 11) is 3.56. The minimum atomic E-state index is -0.271. The summed E-state index contributed by atoms with van der Waals surface area (Å²) in [6, 6.07) is 6.38. The molecule has 1 aromatic carbocycles. The van der Waals surface area contributed by atoms with Crippen LogP contribution >= 0.6 is 0 Å². The van der Waals surface area contributed by atoms with Crippen molar-refractivity contribution < 1.29 is 13.9 Å². The number of benzene rings is 1. The molecule has 0 radical (unpaired) electrons. The Morgan fingerprint density at radius 2 is 1.84 bits per heavy atom. The summed E-state index contributed by atoms with van der Waals surface area (Å²) in [6.45, 7) is 6.12. The Labute approximate surface area is 181 Å². The maximum atomic E-state index is 13.4. The minimum absolute atomic E-state index is 0.0395. The molecular weight excluding hydrogens is 397 g/mol. The van der Waals surface area contributed by atoms with E-state index in [9.17, 15) is 9.18 Å². The molecule has 0 bridgehead atoms. The van der Waals surface area contributed by atoms with E-state index >= 15 is 0 Å². The van der Waals surface area contributed by atoms with Crippen LogP contribution in [0.15, 0.2) is 30.6 Å². The first-order chi connectivity index (χ1) is 14.8. The van der Waals surface area contributed by atoms with Crippen molar-refractivity contribution in [2.75, 3.05) is 33.7 Å². The van der Waals surface area contributed by atoms with E-state index in [1.807, 2.05) is 18.4 Å². The lowest BCUT2D eigenvalue weighted by Crippen LogP contribution is -2.43. The van der Waals surface area contributed by atoms with Crippen LogP contribution in [0.4, 0.5) is 4.39 Å². The highest BCUT2D eigenvalue weighted by Crippen LogP contribution is 2.33. The number of fused-ring (bicyclic) bond motifs is 1. The third-order valence-corrected chi connectivity index (χ3v) is 6.01. The number of likely N-dealkylation sites (tertiary alicyclic amines) is 1. The van der Waals surface area contributed by atoms with Gasteiger partial charge in [0, 0.05) is 38.6 Å². The first kappa shape index (κ1) is 21.2. The van der Waals surface area contributed by atoms with Crippen LogP contribution in [-0.2, 0) is 4.79 Å². The maximum absolute atomic E-state index is 13.4. The van der Waals surface area contributed by atoms with Crippen LogP contribution < -0.4 is 4.74 Å². The van der Waals surface area contributed by atoms with E-state index in [4.69, 9.17) is 4.74 Å². The molecule has 3 aromatic rings. The number of hydrogen-bond donors (Lipinski definition) is 0. The van der Waals surface area contributed by atoms with Crippen molar-refractivity contribution in [2.24, 2.45) is 0 Å². The van der Waals surface area contributed by atoms with E-state index in [0.29, 0.717) is 12.4 Å². The number of aromatic nitrogens is 3. The van der Waals surface area contributed by atoms with Gasteiger partial charge in [-0.3, -0.25) is 14.3 Å². The molecule has 31 heavy (non-hydrogen) atoms. The molecule has 0 spiro atoms. The molecule has 1 aliphatic rings. The second kappa shape index (κ2) is 8.63. The van der Waals surface area contributed by atoms with Crippen LogP contribution in [0.2, 0.25) is 0 Å². The van der Waals surface area contributed by atoms with Gasteiger partial charge in [0.25, 0.3) is 0 Å². The zero-order chi connectivity index (χ0) is 22.1. The fraction of sp³-hybridized carbons (Fsp3) is 0.435. The Morgan fingerprint density at radius 3 is 2.48 bits per heavy atom. The predicted octanol–water partition coefficient (Wildman–Crippen LogP) is 3.11. The van der Waals surface area contributed by atoms with Gasteiger partial charge in [0.15, 0.2) is 5.65 Å². The number of ether oxygens (including phenoxy) is 1. The van der Waals surface area contributed by atoms with E-state index in [0.717, 1.165) is 53.9 Å². The normalized spacial score (nSPS) is 15.4. The largest absolute Gasteiger partial charge is 0.474 e. The molecule has 1 amide bonds. The van der Waals surface area contributed by atoms with Crippen molar-refractivity contribution in [1.29, 1.82) is 0 Å². The number of carbonyl (C=O) groups excluding carboxylic acids is 1. The Balaban J connectivity index is 1.55. The molecule has 1 saturated heterocycles. The number of carbonyl (C=O) groups is 1. The molecule has 1 aliphatic heterocycles. The van der Waals surface area contributed by atoms with Crippen molar-refractivity contribution in [1.82, 2.24) is 24.3 Å². The molecule has 0 saturated carbocycles. The number of rotatable bonds is 5. The lowest BCUT2D eigenvalue weighted by molar-refractivity contribution is -0.130. The Bertz CT molecular complexity index is 1090. The van der Waals surface area contributed by atoms with Gasteiger partial charge in [0.1, 0.15) is 18.2 Å². The van der Waals surface area contributed by atoms with Gasteiger partial charge in [0.05, 0.1) is 11.9 Å². The summed E-state index contributed by atoms with van der Waals surface area (Å²) in [6.07, 6.45) is 3.23. The van der Waals surface area contributed by atoms with Gasteiger partial charge in [0.2, 0.25) is 11.8 Å². The third kappa shape index (κ3) is 4.25. The highest BCUT2D eigenvalue weighted by Gasteiger charge is 2.25. The number of nitrogens with zero attached hydrogens (tertiary/aromatic N) is 5. The molecule has 0 aliphatic carbocycles. The van der Waals surface area contributed by atoms with Gasteiger partial charge in [-0.25, -0.2) is 14.4 Å². The molecule has 8 heteroatoms. The molecule has 0 unspecified atom stereocenters. The first-order valence-corrected chi connectivity index (χ1v) is 10.5. The molecule has 1 fully saturated rings. The zero-order valence-electron chi connectivity index (χ0n) is 18.4. The fourth-order valence-corrected chi connectivity index (χ4v) is 4.04. The first-order valence-electron chi connectivity index (χ1n) is 10.5. The zero-order valence-corrected chi connectivity index (χ0v) is 18.4. The number of halogens is 1. The monoisotopic (exact) mass is 425 g/mol. The second-order valence-electron chi connectivity index (χ2n) is 8.28. The quantitative estimate of drug-likeness (QED) is 0.629. The smallest absolute Gasteiger partial charge is 0.236 e. The van der Waals surface area contributed by atoms with Crippen LogP contribution in [0.5, 0.6) is 5.88 Å². The summed E-state index contributed by atoms with van der Waals surface area (Å²) < 4.78 is 21.7. The highest BCUT2D eigenvalue weighted by atomic mass is 19.1. The van der Waals surface area contributed by atoms with E-state index in [-0.39, 0.29) is 17.8 Å². The molecule has 7 nitrogen and oxygen atoms in total. The van der Waals surface area contributed by atoms with E-state index < -0.39 is 0 Å². The molecule has 2 aromatic heterocycles. The number of hydrogen-bond acceptors (Lipinski definition) is 5. The van der Waals surface area contributed by atoms with Crippen molar-refractivity contribution in [3.05, 3.63) is 47.7 Å². The van der Waals surface area contributed by atoms with E-state index in [1.165, 1.54) is 18.5 Å². The van der Waals surface area contributed by atoms with Crippen molar-refractivity contribution in [3.63, 3.8) is 0 Å². The Kier molecular flexibility index (Phi) is 5.91. The van der Waals surface area contributed by atoms with Gasteiger partial charge in [-0.1, -0.05) is 0 Å². The fourth-order valence-electron chi connectivity index (χ4n) is 4.04. The average Bonchev–Trinajstić information content (AvgIpc) is 3.01. The minimum Gasteiger partial charge on any atom is -0.474 e. The molecule has 164 valence electrons. The van der Waals surface area contributed by atoms with Gasteiger partial charge in [-0.2, -0.15) is 0 Å². The van der Waals surface area contributed by atoms with E-state index in [1.54, 1.807) is 31.1 Å². The molecule has 4 rings (SSSR count). The molecular formula is C23H28FN5O2. The lowest BCUT2D eigenvalue weighted by atomic mass is 10.1. The van der Waals surface area contributed by atoms with Crippen LogP contribution in [-0.4, -0.2) is 70.1 Å². The third-order valence-electron chi connectivity index (χ3n) is 6.01. The molecule has 0 N–H and O–H groups in total. The molecule has 3 heterocycles. The number of aryl methyl sites for hydroxylation is 1. The lowest BCUT2D eigenvalue weighted by Gasteiger charge is -2.32. The van der Waals surface area contributed by atoms with Crippen LogP contribution in [0, 0.1) is 19.7 Å². The summed E-state index contributed by atoms with van der Waals surface area (Å²) in [5.74, 6) is 0.422. The van der Waals surface area contributed by atoms with Crippen molar-refractivity contribution in [2.45, 2.75) is 32.8 Å². The van der Waals surface area contributed by atoms with E-state index in [2.05, 4.69) is 14.9 Å². The summed E-state index contributed by atoms with van der Waals surface area (Å²) in [4.78, 5) is 24.7. The summed E-state index contributed by atoms with van der Waals surface area (Å²) >= 11 is 0. The average molecular weight is 426 g/mol. The Hall–Kier alpha value is -3.00. The van der Waals surface area contributed by atoms with Crippen LogP contribution in [0.25, 0.3) is 16.7 Å². The van der Waals surface area contributed by atoms with Gasteiger partial charge >= 0.3 is 0 Å². The van der Waals surface area contributed by atoms with Crippen LogP contribution in [0.3, 0.4) is 0 Å². The highest BCUT2D eigenvalue weighted by molar-refractivity contribution is 5.88.